The average Bonchev–Trinajstić information content (AvgIpc) is 2.46. The lowest BCUT2D eigenvalue weighted by molar-refractivity contribution is -0.142. The fourth-order valence-corrected chi connectivity index (χ4v) is 2.07. The molecule has 0 aliphatic rings. The minimum atomic E-state index is -0.533. The largest absolute Gasteiger partial charge is 0.493 e. The van der Waals surface area contributed by atoms with E-state index in [0.717, 1.165) is 0 Å². The highest BCUT2D eigenvalue weighted by atomic mass is 16.5. The standard InChI is InChI=1S/C15H16O6/c1-4-20-14(16)5-9-6-15(17)21-11-8-13(19-3)12(18-2)7-10(9)11/h6-8H,4-5H2,1-3H3. The van der Waals surface area contributed by atoms with E-state index < -0.39 is 11.6 Å². The van der Waals surface area contributed by atoms with Crippen LogP contribution in [0.2, 0.25) is 0 Å². The van der Waals surface area contributed by atoms with E-state index in [2.05, 4.69) is 0 Å². The van der Waals surface area contributed by atoms with Gasteiger partial charge < -0.3 is 18.6 Å². The quantitative estimate of drug-likeness (QED) is 0.619. The van der Waals surface area contributed by atoms with E-state index in [1.54, 1.807) is 19.1 Å². The molecule has 21 heavy (non-hydrogen) atoms. The Kier molecular flexibility index (Phi) is 4.47. The number of hydrogen-bond acceptors (Lipinski definition) is 6. The lowest BCUT2D eigenvalue weighted by Gasteiger charge is -2.10. The van der Waals surface area contributed by atoms with E-state index in [0.29, 0.717) is 28.0 Å². The van der Waals surface area contributed by atoms with Crippen LogP contribution >= 0.6 is 0 Å². The summed E-state index contributed by atoms with van der Waals surface area (Å²) < 4.78 is 20.4. The fraction of sp³-hybridized carbons (Fsp3) is 0.333. The molecule has 0 bridgehead atoms. The summed E-state index contributed by atoms with van der Waals surface area (Å²) >= 11 is 0. The number of benzene rings is 1. The zero-order valence-corrected chi connectivity index (χ0v) is 12.1. The Bertz CT molecular complexity index is 716. The topological polar surface area (TPSA) is 75.0 Å². The van der Waals surface area contributed by atoms with Crippen molar-refractivity contribution in [1.29, 1.82) is 0 Å². The van der Waals surface area contributed by atoms with Crippen LogP contribution in [0.4, 0.5) is 0 Å². The molecule has 0 fully saturated rings. The Balaban J connectivity index is 2.59. The minimum absolute atomic E-state index is 0.00851. The molecule has 0 aliphatic carbocycles. The van der Waals surface area contributed by atoms with E-state index in [1.165, 1.54) is 20.3 Å². The summed E-state index contributed by atoms with van der Waals surface area (Å²) in [6, 6.07) is 4.51. The van der Waals surface area contributed by atoms with E-state index in [9.17, 15) is 9.59 Å². The zero-order chi connectivity index (χ0) is 15.4. The second-order valence-electron chi connectivity index (χ2n) is 4.28. The molecule has 0 saturated carbocycles. The summed E-state index contributed by atoms with van der Waals surface area (Å²) in [5.41, 5.74) is 0.328. The van der Waals surface area contributed by atoms with E-state index in [4.69, 9.17) is 18.6 Å². The molecular formula is C15H16O6. The second kappa shape index (κ2) is 6.30. The van der Waals surface area contributed by atoms with Crippen molar-refractivity contribution in [2.75, 3.05) is 20.8 Å². The summed E-state index contributed by atoms with van der Waals surface area (Å²) in [5.74, 6) is 0.532. The van der Waals surface area contributed by atoms with Gasteiger partial charge in [0.05, 0.1) is 27.2 Å². The molecule has 0 atom stereocenters. The molecule has 6 nitrogen and oxygen atoms in total. The highest BCUT2D eigenvalue weighted by molar-refractivity contribution is 5.87. The van der Waals surface area contributed by atoms with Crippen LogP contribution in [0.1, 0.15) is 12.5 Å². The molecule has 0 amide bonds. The van der Waals surface area contributed by atoms with Crippen molar-refractivity contribution in [2.45, 2.75) is 13.3 Å². The molecule has 0 radical (unpaired) electrons. The molecule has 0 aliphatic heterocycles. The smallest absolute Gasteiger partial charge is 0.336 e. The van der Waals surface area contributed by atoms with Gasteiger partial charge in [-0.3, -0.25) is 4.79 Å². The van der Waals surface area contributed by atoms with Crippen molar-refractivity contribution < 1.29 is 23.4 Å². The maximum absolute atomic E-state index is 11.6. The van der Waals surface area contributed by atoms with Crippen LogP contribution in [-0.4, -0.2) is 26.8 Å². The van der Waals surface area contributed by atoms with Crippen molar-refractivity contribution in [2.24, 2.45) is 0 Å². The van der Waals surface area contributed by atoms with Gasteiger partial charge in [0.2, 0.25) is 0 Å². The first-order valence-electron chi connectivity index (χ1n) is 6.43. The Hall–Kier alpha value is -2.50. The maximum Gasteiger partial charge on any atom is 0.336 e. The van der Waals surface area contributed by atoms with Gasteiger partial charge in [0, 0.05) is 17.5 Å². The Morgan fingerprint density at radius 2 is 1.81 bits per heavy atom. The highest BCUT2D eigenvalue weighted by Gasteiger charge is 2.14. The monoisotopic (exact) mass is 292 g/mol. The van der Waals surface area contributed by atoms with Crippen molar-refractivity contribution in [1.82, 2.24) is 0 Å². The van der Waals surface area contributed by atoms with Gasteiger partial charge in [0.15, 0.2) is 11.5 Å². The van der Waals surface area contributed by atoms with Gasteiger partial charge in [-0.2, -0.15) is 0 Å². The van der Waals surface area contributed by atoms with Crippen molar-refractivity contribution in [3.8, 4) is 11.5 Å². The van der Waals surface area contributed by atoms with Crippen LogP contribution < -0.4 is 15.1 Å². The molecule has 1 heterocycles. The lowest BCUT2D eigenvalue weighted by atomic mass is 10.1. The molecule has 0 spiro atoms. The average molecular weight is 292 g/mol. The molecule has 2 rings (SSSR count). The molecule has 2 aromatic rings. The Labute approximate surface area is 121 Å². The summed E-state index contributed by atoms with van der Waals surface area (Å²) in [7, 11) is 3.00. The number of ether oxygens (including phenoxy) is 3. The third kappa shape index (κ3) is 3.16. The second-order valence-corrected chi connectivity index (χ2v) is 4.28. The summed E-state index contributed by atoms with van der Waals surface area (Å²) in [6.07, 6.45) is -0.00851. The first-order valence-corrected chi connectivity index (χ1v) is 6.43. The highest BCUT2D eigenvalue weighted by Crippen LogP contribution is 2.33. The number of carbonyl (C=O) groups excluding carboxylic acids is 1. The zero-order valence-electron chi connectivity index (χ0n) is 12.1. The SMILES string of the molecule is CCOC(=O)Cc1cc(=O)oc2cc(OC)c(OC)cc12. The predicted molar refractivity (Wildman–Crippen MR) is 75.9 cm³/mol. The number of esters is 1. The minimum Gasteiger partial charge on any atom is -0.493 e. The van der Waals surface area contributed by atoms with Crippen molar-refractivity contribution in [3.05, 3.63) is 34.2 Å². The first kappa shape index (κ1) is 14.9. The Morgan fingerprint density at radius 1 is 1.14 bits per heavy atom. The summed E-state index contributed by atoms with van der Waals surface area (Å²) in [5, 5.41) is 0.611. The fourth-order valence-electron chi connectivity index (χ4n) is 2.07. The normalized spacial score (nSPS) is 10.4. The number of fused-ring (bicyclic) bond motifs is 1. The third-order valence-corrected chi connectivity index (χ3v) is 2.97. The van der Waals surface area contributed by atoms with Crippen LogP contribution in [0.25, 0.3) is 11.0 Å². The van der Waals surface area contributed by atoms with Crippen molar-refractivity contribution in [3.63, 3.8) is 0 Å². The van der Waals surface area contributed by atoms with Gasteiger partial charge in [0.1, 0.15) is 5.58 Å². The molecule has 0 unspecified atom stereocenters. The number of carbonyl (C=O) groups is 1. The maximum atomic E-state index is 11.6. The first-order chi connectivity index (χ1) is 10.1. The van der Waals surface area contributed by atoms with E-state index in [1.807, 2.05) is 0 Å². The van der Waals surface area contributed by atoms with Gasteiger partial charge in [-0.1, -0.05) is 0 Å². The van der Waals surface area contributed by atoms with Crippen LogP contribution in [-0.2, 0) is 16.0 Å². The van der Waals surface area contributed by atoms with Crippen molar-refractivity contribution >= 4 is 16.9 Å². The van der Waals surface area contributed by atoms with Gasteiger partial charge in [-0.25, -0.2) is 4.79 Å². The number of rotatable bonds is 5. The van der Waals surface area contributed by atoms with Crippen LogP contribution in [0.5, 0.6) is 11.5 Å². The Morgan fingerprint density at radius 3 is 2.43 bits per heavy atom. The van der Waals surface area contributed by atoms with Gasteiger partial charge >= 0.3 is 11.6 Å². The van der Waals surface area contributed by atoms with Crippen LogP contribution in [0, 0.1) is 0 Å². The molecule has 1 aromatic heterocycles. The predicted octanol–water partition coefficient (Wildman–Crippen LogP) is 1.92. The number of hydrogen-bond donors (Lipinski definition) is 0. The van der Waals surface area contributed by atoms with E-state index in [-0.39, 0.29) is 13.0 Å². The van der Waals surface area contributed by atoms with Gasteiger partial charge in [-0.15, -0.1) is 0 Å². The third-order valence-electron chi connectivity index (χ3n) is 2.97. The lowest BCUT2D eigenvalue weighted by Crippen LogP contribution is -2.10. The van der Waals surface area contributed by atoms with Gasteiger partial charge in [0.25, 0.3) is 0 Å². The van der Waals surface area contributed by atoms with E-state index >= 15 is 0 Å². The van der Waals surface area contributed by atoms with Crippen LogP contribution in [0.3, 0.4) is 0 Å². The number of methoxy groups -OCH3 is 2. The molecule has 112 valence electrons. The molecule has 0 saturated heterocycles. The molecule has 0 N–H and O–H groups in total. The molecule has 6 heteroatoms. The molecule has 1 aromatic carbocycles. The van der Waals surface area contributed by atoms with Gasteiger partial charge in [-0.05, 0) is 18.6 Å². The molecular weight excluding hydrogens is 276 g/mol. The summed E-state index contributed by atoms with van der Waals surface area (Å²) in [4.78, 5) is 23.2. The summed E-state index contributed by atoms with van der Waals surface area (Å²) in [6.45, 7) is 2.01. The van der Waals surface area contributed by atoms with Crippen LogP contribution in [0.15, 0.2) is 27.4 Å².